The molecule has 0 N–H and O–H groups in total. The van der Waals surface area contributed by atoms with E-state index < -0.39 is 0 Å². The summed E-state index contributed by atoms with van der Waals surface area (Å²) in [4.78, 5) is 28.6. The average Bonchev–Trinajstić information content (AvgIpc) is 2.93. The van der Waals surface area contributed by atoms with Crippen molar-refractivity contribution in [3.8, 4) is 0 Å². The van der Waals surface area contributed by atoms with Gasteiger partial charge in [0.05, 0.1) is 23.3 Å². The van der Waals surface area contributed by atoms with Crippen LogP contribution in [0.3, 0.4) is 0 Å². The van der Waals surface area contributed by atoms with Gasteiger partial charge in [0.15, 0.2) is 0 Å². The van der Waals surface area contributed by atoms with E-state index in [1.807, 2.05) is 18.2 Å². The Bertz CT molecular complexity index is 801. The lowest BCUT2D eigenvalue weighted by Crippen LogP contribution is -2.44. The van der Waals surface area contributed by atoms with Gasteiger partial charge < -0.3 is 4.74 Å². The minimum absolute atomic E-state index is 0.0641. The molecule has 0 spiro atoms. The molecule has 2 aromatic rings. The van der Waals surface area contributed by atoms with Gasteiger partial charge >= 0.3 is 0 Å². The Morgan fingerprint density at radius 1 is 0.889 bits per heavy atom. The number of carbonyl (C=O) groups is 2. The predicted molar refractivity (Wildman–Crippen MR) is 103 cm³/mol. The fraction of sp³-hybridized carbons (Fsp3) is 0.364. The molecule has 0 radical (unpaired) electrons. The van der Waals surface area contributed by atoms with Crippen LogP contribution in [0.25, 0.3) is 0 Å². The Morgan fingerprint density at radius 3 is 2.19 bits per heavy atom. The van der Waals surface area contributed by atoms with Crippen molar-refractivity contribution in [1.29, 1.82) is 0 Å². The van der Waals surface area contributed by atoms with Gasteiger partial charge in [-0.1, -0.05) is 42.5 Å². The fourth-order valence-electron chi connectivity index (χ4n) is 3.97. The van der Waals surface area contributed by atoms with Crippen LogP contribution in [-0.2, 0) is 4.74 Å². The molecule has 5 heteroatoms. The first-order valence-corrected chi connectivity index (χ1v) is 9.51. The molecule has 0 aliphatic carbocycles. The zero-order chi connectivity index (χ0) is 18.8. The molecule has 2 heterocycles. The van der Waals surface area contributed by atoms with Crippen molar-refractivity contribution in [2.45, 2.75) is 25.6 Å². The fourth-order valence-corrected chi connectivity index (χ4v) is 3.97. The molecule has 1 fully saturated rings. The van der Waals surface area contributed by atoms with Crippen molar-refractivity contribution < 1.29 is 14.3 Å². The lowest BCUT2D eigenvalue weighted by atomic mass is 10.1. The lowest BCUT2D eigenvalue weighted by Gasteiger charge is -2.37. The van der Waals surface area contributed by atoms with E-state index in [9.17, 15) is 9.59 Å². The number of hydrogen-bond acceptors (Lipinski definition) is 4. The average molecular weight is 364 g/mol. The standard InChI is InChI=1S/C22H24N2O3/c1-16-14-23(15-20(27-16)17-8-3-2-4-9-17)12-7-13-24-21(25)18-10-5-6-11-19(18)22(24)26/h2-6,8-11,16,20H,7,12-15H2,1H3. The summed E-state index contributed by atoms with van der Waals surface area (Å²) >= 11 is 0. The molecule has 2 unspecified atom stereocenters. The molecule has 2 aromatic carbocycles. The van der Waals surface area contributed by atoms with E-state index in [0.717, 1.165) is 26.1 Å². The van der Waals surface area contributed by atoms with Gasteiger partial charge in [0, 0.05) is 26.2 Å². The molecule has 2 aliphatic rings. The van der Waals surface area contributed by atoms with Crippen LogP contribution in [0, 0.1) is 0 Å². The lowest BCUT2D eigenvalue weighted by molar-refractivity contribution is -0.0792. The highest BCUT2D eigenvalue weighted by atomic mass is 16.5. The van der Waals surface area contributed by atoms with E-state index in [1.165, 1.54) is 10.5 Å². The summed E-state index contributed by atoms with van der Waals surface area (Å²) in [6.45, 7) is 5.08. The van der Waals surface area contributed by atoms with Crippen LogP contribution < -0.4 is 0 Å². The van der Waals surface area contributed by atoms with Crippen LogP contribution in [0.2, 0.25) is 0 Å². The van der Waals surface area contributed by atoms with E-state index >= 15 is 0 Å². The van der Waals surface area contributed by atoms with E-state index in [2.05, 4.69) is 24.0 Å². The molecule has 2 atom stereocenters. The molecule has 27 heavy (non-hydrogen) atoms. The minimum atomic E-state index is -0.173. The first-order valence-electron chi connectivity index (χ1n) is 9.51. The molecule has 140 valence electrons. The molecule has 0 bridgehead atoms. The topological polar surface area (TPSA) is 49.9 Å². The maximum atomic E-state index is 12.4. The van der Waals surface area contributed by atoms with Gasteiger partial charge in [0.2, 0.25) is 0 Å². The van der Waals surface area contributed by atoms with Gasteiger partial charge in [-0.3, -0.25) is 19.4 Å². The first kappa shape index (κ1) is 17.9. The van der Waals surface area contributed by atoms with Gasteiger partial charge in [0.1, 0.15) is 0 Å². The third-order valence-electron chi connectivity index (χ3n) is 5.24. The normalized spacial score (nSPS) is 22.9. The summed E-state index contributed by atoms with van der Waals surface area (Å²) in [6.07, 6.45) is 0.984. The Balaban J connectivity index is 1.34. The second-order valence-corrected chi connectivity index (χ2v) is 7.27. The Morgan fingerprint density at radius 2 is 1.52 bits per heavy atom. The number of nitrogens with zero attached hydrogens (tertiary/aromatic N) is 2. The van der Waals surface area contributed by atoms with Crippen molar-refractivity contribution in [1.82, 2.24) is 9.80 Å². The SMILES string of the molecule is CC1CN(CCCN2C(=O)c3ccccc3C2=O)CC(c2ccccc2)O1. The van der Waals surface area contributed by atoms with E-state index in [-0.39, 0.29) is 24.0 Å². The highest BCUT2D eigenvalue weighted by Crippen LogP contribution is 2.26. The van der Waals surface area contributed by atoms with Crippen molar-refractivity contribution in [3.63, 3.8) is 0 Å². The number of imide groups is 1. The van der Waals surface area contributed by atoms with Crippen molar-refractivity contribution in [2.75, 3.05) is 26.2 Å². The number of benzene rings is 2. The zero-order valence-electron chi connectivity index (χ0n) is 15.5. The maximum Gasteiger partial charge on any atom is 0.261 e. The number of fused-ring (bicyclic) bond motifs is 1. The molecular formula is C22H24N2O3. The van der Waals surface area contributed by atoms with Gasteiger partial charge in [-0.15, -0.1) is 0 Å². The monoisotopic (exact) mass is 364 g/mol. The summed E-state index contributed by atoms with van der Waals surface area (Å²) in [7, 11) is 0. The molecule has 5 nitrogen and oxygen atoms in total. The van der Waals surface area contributed by atoms with Gasteiger partial charge in [-0.2, -0.15) is 0 Å². The summed E-state index contributed by atoms with van der Waals surface area (Å²) in [5, 5.41) is 0. The molecular weight excluding hydrogens is 340 g/mol. The van der Waals surface area contributed by atoms with Gasteiger partial charge in [0.25, 0.3) is 11.8 Å². The summed E-state index contributed by atoms with van der Waals surface area (Å²) in [6, 6.07) is 17.3. The molecule has 4 rings (SSSR count). The maximum absolute atomic E-state index is 12.4. The van der Waals surface area contributed by atoms with Crippen LogP contribution in [0.15, 0.2) is 54.6 Å². The summed E-state index contributed by atoms with van der Waals surface area (Å²) < 4.78 is 6.10. The van der Waals surface area contributed by atoms with E-state index in [1.54, 1.807) is 24.3 Å². The van der Waals surface area contributed by atoms with E-state index in [0.29, 0.717) is 17.7 Å². The Labute approximate surface area is 159 Å². The third kappa shape index (κ3) is 3.66. The number of carbonyl (C=O) groups excluding carboxylic acids is 2. The largest absolute Gasteiger partial charge is 0.368 e. The summed E-state index contributed by atoms with van der Waals surface area (Å²) in [5.41, 5.74) is 2.23. The molecule has 2 aliphatic heterocycles. The van der Waals surface area contributed by atoms with Crippen molar-refractivity contribution >= 4 is 11.8 Å². The zero-order valence-corrected chi connectivity index (χ0v) is 15.5. The highest BCUT2D eigenvalue weighted by Gasteiger charge is 2.34. The highest BCUT2D eigenvalue weighted by molar-refractivity contribution is 6.21. The van der Waals surface area contributed by atoms with Gasteiger partial charge in [-0.05, 0) is 31.0 Å². The molecule has 0 saturated carbocycles. The second-order valence-electron chi connectivity index (χ2n) is 7.27. The number of morpholine rings is 1. The number of rotatable bonds is 5. The van der Waals surface area contributed by atoms with E-state index in [4.69, 9.17) is 4.74 Å². The first-order chi connectivity index (χ1) is 13.1. The minimum Gasteiger partial charge on any atom is -0.368 e. The smallest absolute Gasteiger partial charge is 0.261 e. The molecule has 1 saturated heterocycles. The summed E-state index contributed by atoms with van der Waals surface area (Å²) in [5.74, 6) is -0.346. The predicted octanol–water partition coefficient (Wildman–Crippen LogP) is 3.13. The quantitative estimate of drug-likeness (QED) is 0.765. The van der Waals surface area contributed by atoms with Crippen molar-refractivity contribution in [3.05, 3.63) is 71.3 Å². The third-order valence-corrected chi connectivity index (χ3v) is 5.24. The molecule has 0 aromatic heterocycles. The Hall–Kier alpha value is -2.50. The number of ether oxygens (including phenoxy) is 1. The number of amides is 2. The van der Waals surface area contributed by atoms with Crippen LogP contribution >= 0.6 is 0 Å². The number of hydrogen-bond donors (Lipinski definition) is 0. The van der Waals surface area contributed by atoms with Crippen LogP contribution in [-0.4, -0.2) is 53.9 Å². The van der Waals surface area contributed by atoms with Crippen LogP contribution in [0.4, 0.5) is 0 Å². The Kier molecular flexibility index (Phi) is 5.05. The van der Waals surface area contributed by atoms with Gasteiger partial charge in [-0.25, -0.2) is 0 Å². The van der Waals surface area contributed by atoms with Crippen LogP contribution in [0.5, 0.6) is 0 Å². The molecule has 2 amide bonds. The van der Waals surface area contributed by atoms with Crippen LogP contribution in [0.1, 0.15) is 45.7 Å². The second kappa shape index (κ2) is 7.62. The van der Waals surface area contributed by atoms with Crippen molar-refractivity contribution in [2.24, 2.45) is 0 Å².